The Kier molecular flexibility index (Phi) is 6.41. The van der Waals surface area contributed by atoms with Crippen LogP contribution in [0.4, 0.5) is 5.69 Å². The molecule has 8 nitrogen and oxygen atoms in total. The topological polar surface area (TPSA) is 113 Å². The van der Waals surface area contributed by atoms with Crippen LogP contribution in [0.5, 0.6) is 5.75 Å². The van der Waals surface area contributed by atoms with Gasteiger partial charge in [0.15, 0.2) is 0 Å². The smallest absolute Gasteiger partial charge is 0.261 e. The van der Waals surface area contributed by atoms with Crippen LogP contribution < -0.4 is 14.8 Å². The Morgan fingerprint density at radius 1 is 1.00 bits per heavy atom. The van der Waals surface area contributed by atoms with E-state index in [1.54, 1.807) is 36.5 Å². The minimum absolute atomic E-state index is 0.00474. The highest BCUT2D eigenvalue weighted by Crippen LogP contribution is 2.20. The summed E-state index contributed by atoms with van der Waals surface area (Å²) in [7, 11) is -2.33. The number of carbonyl (C=O) groups excluding carboxylic acids is 1. The van der Waals surface area contributed by atoms with E-state index in [4.69, 9.17) is 4.74 Å². The second-order valence-corrected chi connectivity index (χ2v) is 8.89. The number of methoxy groups -OCH3 is 1. The predicted molar refractivity (Wildman–Crippen MR) is 125 cm³/mol. The van der Waals surface area contributed by atoms with Gasteiger partial charge in [0.2, 0.25) is 0 Å². The molecule has 0 spiro atoms. The number of ether oxygens (including phenoxy) is 1. The molecule has 0 bridgehead atoms. The lowest BCUT2D eigenvalue weighted by Gasteiger charge is -2.10. The van der Waals surface area contributed by atoms with Crippen molar-refractivity contribution in [3.63, 3.8) is 0 Å². The van der Waals surface area contributed by atoms with E-state index < -0.39 is 10.0 Å². The number of nitrogens with zero attached hydrogens (tertiary/aromatic N) is 1. The SMILES string of the molecule is COc1ccc(NS(=O)(=O)c2cccc(C(=O)NCc3ccc(-c4ccn[nH]4)cc3)c2)cc1. The van der Waals surface area contributed by atoms with E-state index in [1.165, 1.54) is 25.3 Å². The molecule has 4 aromatic rings. The molecule has 1 amide bonds. The number of rotatable bonds is 8. The van der Waals surface area contributed by atoms with Gasteiger partial charge in [-0.05, 0) is 59.7 Å². The van der Waals surface area contributed by atoms with Crippen molar-refractivity contribution in [3.8, 4) is 17.0 Å². The van der Waals surface area contributed by atoms with Gasteiger partial charge in [0.05, 0.1) is 17.7 Å². The minimum atomic E-state index is -3.86. The minimum Gasteiger partial charge on any atom is -0.497 e. The quantitative estimate of drug-likeness (QED) is 0.368. The van der Waals surface area contributed by atoms with Crippen molar-refractivity contribution in [2.45, 2.75) is 11.4 Å². The Balaban J connectivity index is 1.41. The number of aromatic amines is 1. The molecule has 0 saturated carbocycles. The summed E-state index contributed by atoms with van der Waals surface area (Å²) in [6, 6.07) is 22.0. The first kappa shape index (κ1) is 22.1. The van der Waals surface area contributed by atoms with Gasteiger partial charge in [-0.2, -0.15) is 5.10 Å². The Bertz CT molecular complexity index is 1330. The molecule has 0 aliphatic rings. The monoisotopic (exact) mass is 462 g/mol. The molecule has 1 aromatic heterocycles. The maximum absolute atomic E-state index is 12.8. The first-order valence-electron chi connectivity index (χ1n) is 10.1. The van der Waals surface area contributed by atoms with Crippen molar-refractivity contribution in [1.29, 1.82) is 0 Å². The lowest BCUT2D eigenvalue weighted by molar-refractivity contribution is 0.0950. The van der Waals surface area contributed by atoms with E-state index in [9.17, 15) is 13.2 Å². The lowest BCUT2D eigenvalue weighted by Crippen LogP contribution is -2.23. The van der Waals surface area contributed by atoms with E-state index in [0.717, 1.165) is 16.8 Å². The van der Waals surface area contributed by atoms with E-state index >= 15 is 0 Å². The first-order valence-corrected chi connectivity index (χ1v) is 11.6. The Morgan fingerprint density at radius 3 is 2.42 bits per heavy atom. The summed E-state index contributed by atoms with van der Waals surface area (Å²) in [4.78, 5) is 12.6. The zero-order valence-electron chi connectivity index (χ0n) is 17.8. The van der Waals surface area contributed by atoms with E-state index in [2.05, 4.69) is 20.2 Å². The number of anilines is 1. The molecule has 9 heteroatoms. The summed E-state index contributed by atoms with van der Waals surface area (Å²) < 4.78 is 33.1. The van der Waals surface area contributed by atoms with Crippen LogP contribution in [0.25, 0.3) is 11.3 Å². The number of benzene rings is 3. The summed E-state index contributed by atoms with van der Waals surface area (Å²) in [5.74, 6) is 0.252. The highest BCUT2D eigenvalue weighted by molar-refractivity contribution is 7.92. The Hall–Kier alpha value is -4.11. The van der Waals surface area contributed by atoms with Crippen LogP contribution in [-0.2, 0) is 16.6 Å². The van der Waals surface area contributed by atoms with Crippen LogP contribution in [0, 0.1) is 0 Å². The zero-order chi connectivity index (χ0) is 23.3. The van der Waals surface area contributed by atoms with Gasteiger partial charge < -0.3 is 10.1 Å². The van der Waals surface area contributed by atoms with Crippen molar-refractivity contribution in [2.24, 2.45) is 0 Å². The number of amides is 1. The molecule has 4 rings (SSSR count). The molecular formula is C24H22N4O4S. The number of hydrogen-bond acceptors (Lipinski definition) is 5. The Labute approximate surface area is 191 Å². The molecule has 1 heterocycles. The largest absolute Gasteiger partial charge is 0.497 e. The van der Waals surface area contributed by atoms with Crippen LogP contribution in [0.2, 0.25) is 0 Å². The first-order chi connectivity index (χ1) is 15.9. The van der Waals surface area contributed by atoms with Gasteiger partial charge in [-0.1, -0.05) is 30.3 Å². The third kappa shape index (κ3) is 5.39. The van der Waals surface area contributed by atoms with Crippen molar-refractivity contribution in [3.05, 3.63) is 96.2 Å². The fourth-order valence-electron chi connectivity index (χ4n) is 3.18. The third-order valence-electron chi connectivity index (χ3n) is 4.97. The summed E-state index contributed by atoms with van der Waals surface area (Å²) in [5.41, 5.74) is 3.46. The third-order valence-corrected chi connectivity index (χ3v) is 6.35. The number of hydrogen-bond donors (Lipinski definition) is 3. The van der Waals surface area contributed by atoms with Crippen molar-refractivity contribution >= 4 is 21.6 Å². The van der Waals surface area contributed by atoms with E-state index in [-0.39, 0.29) is 16.4 Å². The summed E-state index contributed by atoms with van der Waals surface area (Å²) in [6.07, 6.45) is 1.68. The summed E-state index contributed by atoms with van der Waals surface area (Å²) in [5, 5.41) is 9.66. The van der Waals surface area contributed by atoms with Crippen molar-refractivity contribution in [1.82, 2.24) is 15.5 Å². The van der Waals surface area contributed by atoms with Crippen molar-refractivity contribution in [2.75, 3.05) is 11.8 Å². The fourth-order valence-corrected chi connectivity index (χ4v) is 4.28. The normalized spacial score (nSPS) is 11.1. The summed E-state index contributed by atoms with van der Waals surface area (Å²) in [6.45, 7) is 0.309. The molecule has 33 heavy (non-hydrogen) atoms. The lowest BCUT2D eigenvalue weighted by atomic mass is 10.1. The van der Waals surface area contributed by atoms with Gasteiger partial charge >= 0.3 is 0 Å². The molecule has 0 fully saturated rings. The standard InChI is InChI=1S/C24H22N4O4S/c1-32-21-11-9-20(10-12-21)28-33(30,31)22-4-2-3-19(15-22)24(29)25-16-17-5-7-18(8-6-17)23-13-14-26-27-23/h2-15,28H,16H2,1H3,(H,25,29)(H,26,27). The molecule has 0 aliphatic heterocycles. The number of sulfonamides is 1. The molecule has 3 aromatic carbocycles. The number of H-pyrrole nitrogens is 1. The molecule has 0 atom stereocenters. The molecule has 3 N–H and O–H groups in total. The molecule has 168 valence electrons. The molecule has 0 unspecified atom stereocenters. The van der Waals surface area contributed by atoms with Crippen LogP contribution in [0.15, 0.2) is 90.0 Å². The predicted octanol–water partition coefficient (Wildman–Crippen LogP) is 3.82. The number of nitrogens with one attached hydrogen (secondary N) is 3. The highest BCUT2D eigenvalue weighted by Gasteiger charge is 2.16. The van der Waals surface area contributed by atoms with Crippen LogP contribution in [0.3, 0.4) is 0 Å². The van der Waals surface area contributed by atoms with Crippen LogP contribution >= 0.6 is 0 Å². The summed E-state index contributed by atoms with van der Waals surface area (Å²) >= 11 is 0. The van der Waals surface area contributed by atoms with E-state index in [0.29, 0.717) is 18.0 Å². The maximum Gasteiger partial charge on any atom is 0.261 e. The van der Waals surface area contributed by atoms with E-state index in [1.807, 2.05) is 30.3 Å². The average molecular weight is 463 g/mol. The van der Waals surface area contributed by atoms with Gasteiger partial charge in [-0.25, -0.2) is 8.42 Å². The molecule has 0 aliphatic carbocycles. The van der Waals surface area contributed by atoms with Gasteiger partial charge in [-0.3, -0.25) is 14.6 Å². The second kappa shape index (κ2) is 9.58. The molecule has 0 saturated heterocycles. The number of carbonyl (C=O) groups is 1. The fraction of sp³-hybridized carbons (Fsp3) is 0.0833. The maximum atomic E-state index is 12.8. The average Bonchev–Trinajstić information content (AvgIpc) is 3.38. The van der Waals surface area contributed by atoms with Gasteiger partial charge in [0, 0.05) is 24.0 Å². The van der Waals surface area contributed by atoms with Gasteiger partial charge in [0.1, 0.15) is 5.75 Å². The van der Waals surface area contributed by atoms with Crippen LogP contribution in [0.1, 0.15) is 15.9 Å². The molecular weight excluding hydrogens is 440 g/mol. The second-order valence-electron chi connectivity index (χ2n) is 7.21. The zero-order valence-corrected chi connectivity index (χ0v) is 18.6. The van der Waals surface area contributed by atoms with Crippen LogP contribution in [-0.4, -0.2) is 31.6 Å². The number of aromatic nitrogens is 2. The van der Waals surface area contributed by atoms with Gasteiger partial charge in [0.25, 0.3) is 15.9 Å². The highest BCUT2D eigenvalue weighted by atomic mass is 32.2. The van der Waals surface area contributed by atoms with Crippen molar-refractivity contribution < 1.29 is 17.9 Å². The molecule has 0 radical (unpaired) electrons. The van der Waals surface area contributed by atoms with Gasteiger partial charge in [-0.15, -0.1) is 0 Å². The Morgan fingerprint density at radius 2 is 1.76 bits per heavy atom.